The van der Waals surface area contributed by atoms with E-state index in [1.54, 1.807) is 0 Å². The predicted octanol–water partition coefficient (Wildman–Crippen LogP) is 2.84. The lowest BCUT2D eigenvalue weighted by molar-refractivity contribution is 0.283. The highest BCUT2D eigenvalue weighted by Crippen LogP contribution is 2.09. The largest absolute Gasteiger partial charge is 0.395 e. The van der Waals surface area contributed by atoms with E-state index >= 15 is 0 Å². The summed E-state index contributed by atoms with van der Waals surface area (Å²) < 4.78 is 0. The van der Waals surface area contributed by atoms with Crippen molar-refractivity contribution in [2.24, 2.45) is 0 Å². The van der Waals surface area contributed by atoms with Gasteiger partial charge in [-0.2, -0.15) is 0 Å². The Balaban J connectivity index is 0.00000200. The van der Waals surface area contributed by atoms with Gasteiger partial charge in [-0.3, -0.25) is 0 Å². The van der Waals surface area contributed by atoms with E-state index in [4.69, 9.17) is 5.11 Å². The van der Waals surface area contributed by atoms with E-state index in [1.165, 1.54) is 11.1 Å². The molecule has 0 radical (unpaired) electrons. The van der Waals surface area contributed by atoms with Gasteiger partial charge in [0.15, 0.2) is 0 Å². The van der Waals surface area contributed by atoms with E-state index in [9.17, 15) is 0 Å². The summed E-state index contributed by atoms with van der Waals surface area (Å²) in [5, 5.41) is 12.4. The maximum Gasteiger partial charge on any atom is 0.0556 e. The van der Waals surface area contributed by atoms with Gasteiger partial charge in [-0.15, -0.1) is 12.4 Å². The third-order valence-corrected chi connectivity index (χ3v) is 3.19. The van der Waals surface area contributed by atoms with E-state index < -0.39 is 0 Å². The van der Waals surface area contributed by atoms with Crippen LogP contribution in [0.5, 0.6) is 0 Å². The van der Waals surface area contributed by atoms with Crippen molar-refractivity contribution in [2.75, 3.05) is 13.2 Å². The van der Waals surface area contributed by atoms with Crippen LogP contribution in [0.4, 0.5) is 0 Å². The SMILES string of the molecule is Cl.OCCNC(Cc1ccccc1)Cc1ccccc1. The highest BCUT2D eigenvalue weighted by atomic mass is 35.5. The van der Waals surface area contributed by atoms with Gasteiger partial charge in [0.1, 0.15) is 0 Å². The van der Waals surface area contributed by atoms with Crippen LogP contribution < -0.4 is 5.32 Å². The molecule has 20 heavy (non-hydrogen) atoms. The number of aliphatic hydroxyl groups excluding tert-OH is 1. The summed E-state index contributed by atoms with van der Waals surface area (Å²) >= 11 is 0. The van der Waals surface area contributed by atoms with Crippen molar-refractivity contribution in [1.82, 2.24) is 5.32 Å². The van der Waals surface area contributed by atoms with Gasteiger partial charge in [-0.1, -0.05) is 60.7 Å². The molecule has 0 aliphatic rings. The third kappa shape index (κ3) is 5.74. The van der Waals surface area contributed by atoms with Gasteiger partial charge in [0.05, 0.1) is 6.61 Å². The second-order valence-corrected chi connectivity index (χ2v) is 4.75. The molecule has 0 saturated heterocycles. The zero-order valence-corrected chi connectivity index (χ0v) is 12.4. The Labute approximate surface area is 127 Å². The number of benzene rings is 2. The fourth-order valence-corrected chi connectivity index (χ4v) is 2.28. The molecule has 3 heteroatoms. The van der Waals surface area contributed by atoms with Gasteiger partial charge < -0.3 is 10.4 Å². The molecule has 0 aliphatic heterocycles. The first-order valence-corrected chi connectivity index (χ1v) is 6.80. The Kier molecular flexibility index (Phi) is 7.97. The normalized spacial score (nSPS) is 10.3. The van der Waals surface area contributed by atoms with Gasteiger partial charge in [0.25, 0.3) is 0 Å². The minimum Gasteiger partial charge on any atom is -0.395 e. The van der Waals surface area contributed by atoms with E-state index in [0.717, 1.165) is 12.8 Å². The Hall–Kier alpha value is -1.35. The first-order valence-electron chi connectivity index (χ1n) is 6.80. The number of nitrogens with one attached hydrogen (secondary N) is 1. The minimum absolute atomic E-state index is 0. The molecule has 0 atom stereocenters. The molecule has 0 spiro atoms. The van der Waals surface area contributed by atoms with Crippen LogP contribution in [0.15, 0.2) is 60.7 Å². The van der Waals surface area contributed by atoms with Crippen LogP contribution in [0, 0.1) is 0 Å². The smallest absolute Gasteiger partial charge is 0.0556 e. The monoisotopic (exact) mass is 291 g/mol. The molecule has 2 nitrogen and oxygen atoms in total. The summed E-state index contributed by atoms with van der Waals surface area (Å²) in [5.41, 5.74) is 2.66. The second-order valence-electron chi connectivity index (χ2n) is 4.75. The number of hydrogen-bond acceptors (Lipinski definition) is 2. The Morgan fingerprint density at radius 3 is 1.65 bits per heavy atom. The Bertz CT molecular complexity index is 419. The summed E-state index contributed by atoms with van der Waals surface area (Å²) in [5.74, 6) is 0. The van der Waals surface area contributed by atoms with Crippen molar-refractivity contribution in [1.29, 1.82) is 0 Å². The predicted molar refractivity (Wildman–Crippen MR) is 86.4 cm³/mol. The maximum atomic E-state index is 8.98. The van der Waals surface area contributed by atoms with Crippen molar-refractivity contribution < 1.29 is 5.11 Å². The molecule has 2 rings (SSSR count). The van der Waals surface area contributed by atoms with E-state index in [1.807, 2.05) is 12.1 Å². The van der Waals surface area contributed by atoms with Crippen molar-refractivity contribution >= 4 is 12.4 Å². The molecule has 0 unspecified atom stereocenters. The highest BCUT2D eigenvalue weighted by Gasteiger charge is 2.09. The third-order valence-electron chi connectivity index (χ3n) is 3.19. The standard InChI is InChI=1S/C17H21NO.ClH/c19-12-11-18-17(13-15-7-3-1-4-8-15)14-16-9-5-2-6-10-16;/h1-10,17-19H,11-14H2;1H. The summed E-state index contributed by atoms with van der Waals surface area (Å²) in [6, 6.07) is 21.3. The summed E-state index contributed by atoms with van der Waals surface area (Å²) in [6.07, 6.45) is 1.96. The summed E-state index contributed by atoms with van der Waals surface area (Å²) in [6.45, 7) is 0.824. The Morgan fingerprint density at radius 2 is 1.25 bits per heavy atom. The molecule has 0 aromatic heterocycles. The molecule has 108 valence electrons. The lowest BCUT2D eigenvalue weighted by atomic mass is 9.99. The topological polar surface area (TPSA) is 32.3 Å². The molecular formula is C17H22ClNO. The van der Waals surface area contributed by atoms with Crippen LogP contribution in [0.1, 0.15) is 11.1 Å². The van der Waals surface area contributed by atoms with Crippen molar-refractivity contribution in [3.63, 3.8) is 0 Å². The minimum atomic E-state index is 0. The van der Waals surface area contributed by atoms with E-state index in [2.05, 4.69) is 53.8 Å². The van der Waals surface area contributed by atoms with Gasteiger partial charge in [-0.05, 0) is 24.0 Å². The number of aliphatic hydroxyl groups is 1. The number of hydrogen-bond donors (Lipinski definition) is 2. The van der Waals surface area contributed by atoms with Crippen molar-refractivity contribution in [3.05, 3.63) is 71.8 Å². The van der Waals surface area contributed by atoms with Crippen LogP contribution in [0.3, 0.4) is 0 Å². The molecule has 2 aromatic rings. The lowest BCUT2D eigenvalue weighted by Gasteiger charge is -2.18. The fourth-order valence-electron chi connectivity index (χ4n) is 2.28. The first kappa shape index (κ1) is 16.7. The molecule has 2 N–H and O–H groups in total. The van der Waals surface area contributed by atoms with Gasteiger partial charge in [0.2, 0.25) is 0 Å². The molecule has 0 heterocycles. The first-order chi connectivity index (χ1) is 9.38. The average molecular weight is 292 g/mol. The molecule has 0 aliphatic carbocycles. The molecule has 0 saturated carbocycles. The van der Waals surface area contributed by atoms with Gasteiger partial charge >= 0.3 is 0 Å². The summed E-state index contributed by atoms with van der Waals surface area (Å²) in [4.78, 5) is 0. The van der Waals surface area contributed by atoms with Crippen LogP contribution in [0.2, 0.25) is 0 Å². The molecule has 2 aromatic carbocycles. The van der Waals surface area contributed by atoms with Gasteiger partial charge in [-0.25, -0.2) is 0 Å². The second kappa shape index (κ2) is 9.54. The highest BCUT2D eigenvalue weighted by molar-refractivity contribution is 5.85. The van der Waals surface area contributed by atoms with Crippen LogP contribution in [-0.4, -0.2) is 24.3 Å². The molecular weight excluding hydrogens is 270 g/mol. The molecule has 0 fully saturated rings. The maximum absolute atomic E-state index is 8.98. The quantitative estimate of drug-likeness (QED) is 0.822. The van der Waals surface area contributed by atoms with E-state index in [0.29, 0.717) is 12.6 Å². The van der Waals surface area contributed by atoms with Gasteiger partial charge in [0, 0.05) is 12.6 Å². The van der Waals surface area contributed by atoms with Crippen molar-refractivity contribution in [3.8, 4) is 0 Å². The van der Waals surface area contributed by atoms with Crippen LogP contribution >= 0.6 is 12.4 Å². The average Bonchev–Trinajstić information content (AvgIpc) is 2.47. The molecule has 0 amide bonds. The lowest BCUT2D eigenvalue weighted by Crippen LogP contribution is -2.35. The Morgan fingerprint density at radius 1 is 0.800 bits per heavy atom. The zero-order chi connectivity index (χ0) is 13.3. The van der Waals surface area contributed by atoms with Crippen LogP contribution in [0.25, 0.3) is 0 Å². The number of rotatable bonds is 7. The van der Waals surface area contributed by atoms with E-state index in [-0.39, 0.29) is 19.0 Å². The molecule has 0 bridgehead atoms. The zero-order valence-electron chi connectivity index (χ0n) is 11.5. The van der Waals surface area contributed by atoms with Crippen molar-refractivity contribution in [2.45, 2.75) is 18.9 Å². The number of halogens is 1. The van der Waals surface area contributed by atoms with Crippen LogP contribution in [-0.2, 0) is 12.8 Å². The summed E-state index contributed by atoms with van der Waals surface area (Å²) in [7, 11) is 0. The fraction of sp³-hybridized carbons (Fsp3) is 0.294.